The monoisotopic (exact) mass is 322 g/mol. The average molecular weight is 322 g/mol. The SMILES string of the molecule is O=C(NCCCNc1cccnc1)c1cn(-c2ccccc2)nn1. The van der Waals surface area contributed by atoms with E-state index in [1.165, 1.54) is 0 Å². The second-order valence-electron chi connectivity index (χ2n) is 5.16. The molecule has 0 saturated carbocycles. The van der Waals surface area contributed by atoms with Crippen LogP contribution in [-0.2, 0) is 0 Å². The van der Waals surface area contributed by atoms with Crippen molar-refractivity contribution in [2.45, 2.75) is 6.42 Å². The van der Waals surface area contributed by atoms with Gasteiger partial charge in [-0.1, -0.05) is 23.4 Å². The number of nitrogens with zero attached hydrogens (tertiary/aromatic N) is 4. The molecular formula is C17H18N6O. The molecule has 122 valence electrons. The molecule has 0 spiro atoms. The van der Waals surface area contributed by atoms with Crippen molar-refractivity contribution >= 4 is 11.6 Å². The number of carbonyl (C=O) groups is 1. The molecule has 0 aliphatic rings. The van der Waals surface area contributed by atoms with E-state index in [-0.39, 0.29) is 5.91 Å². The lowest BCUT2D eigenvalue weighted by molar-refractivity contribution is 0.0948. The van der Waals surface area contributed by atoms with Crippen LogP contribution in [0.5, 0.6) is 0 Å². The predicted octanol–water partition coefficient (Wildman–Crippen LogP) is 1.89. The highest BCUT2D eigenvalue weighted by Crippen LogP contribution is 2.05. The molecule has 3 rings (SSSR count). The van der Waals surface area contributed by atoms with Gasteiger partial charge in [-0.05, 0) is 30.7 Å². The van der Waals surface area contributed by atoms with Crippen LogP contribution >= 0.6 is 0 Å². The van der Waals surface area contributed by atoms with Crippen LogP contribution in [0.4, 0.5) is 5.69 Å². The second-order valence-corrected chi connectivity index (χ2v) is 5.16. The van der Waals surface area contributed by atoms with Crippen LogP contribution in [0.1, 0.15) is 16.9 Å². The molecule has 0 saturated heterocycles. The summed E-state index contributed by atoms with van der Waals surface area (Å²) >= 11 is 0. The molecule has 1 aromatic carbocycles. The van der Waals surface area contributed by atoms with Crippen LogP contribution in [0.2, 0.25) is 0 Å². The van der Waals surface area contributed by atoms with E-state index in [0.717, 1.165) is 24.3 Å². The van der Waals surface area contributed by atoms with E-state index < -0.39 is 0 Å². The Labute approximate surface area is 139 Å². The molecule has 0 radical (unpaired) electrons. The minimum Gasteiger partial charge on any atom is -0.384 e. The molecule has 7 heteroatoms. The molecule has 24 heavy (non-hydrogen) atoms. The van der Waals surface area contributed by atoms with E-state index in [9.17, 15) is 4.79 Å². The zero-order valence-electron chi connectivity index (χ0n) is 13.1. The minimum absolute atomic E-state index is 0.224. The Kier molecular flexibility index (Phi) is 5.14. The number of benzene rings is 1. The Bertz CT molecular complexity index is 772. The number of rotatable bonds is 7. The summed E-state index contributed by atoms with van der Waals surface area (Å²) in [6.45, 7) is 1.31. The summed E-state index contributed by atoms with van der Waals surface area (Å²) < 4.78 is 1.58. The molecule has 7 nitrogen and oxygen atoms in total. The maximum Gasteiger partial charge on any atom is 0.273 e. The molecule has 0 atom stereocenters. The summed E-state index contributed by atoms with van der Waals surface area (Å²) in [5.74, 6) is -0.224. The van der Waals surface area contributed by atoms with Gasteiger partial charge in [0, 0.05) is 25.5 Å². The third kappa shape index (κ3) is 4.16. The molecule has 0 fully saturated rings. The van der Waals surface area contributed by atoms with Gasteiger partial charge in [0.15, 0.2) is 5.69 Å². The normalized spacial score (nSPS) is 10.3. The molecule has 2 heterocycles. The van der Waals surface area contributed by atoms with E-state index in [1.807, 2.05) is 42.5 Å². The quantitative estimate of drug-likeness (QED) is 0.649. The van der Waals surface area contributed by atoms with Gasteiger partial charge in [0.1, 0.15) is 0 Å². The molecule has 1 amide bonds. The minimum atomic E-state index is -0.224. The first kappa shape index (κ1) is 15.7. The first-order valence-electron chi connectivity index (χ1n) is 7.73. The Morgan fingerprint density at radius 3 is 2.75 bits per heavy atom. The van der Waals surface area contributed by atoms with Gasteiger partial charge in [0.25, 0.3) is 5.91 Å². The van der Waals surface area contributed by atoms with Crippen LogP contribution < -0.4 is 10.6 Å². The van der Waals surface area contributed by atoms with E-state index in [1.54, 1.807) is 23.3 Å². The van der Waals surface area contributed by atoms with Crippen molar-refractivity contribution in [1.82, 2.24) is 25.3 Å². The number of amides is 1. The number of hydrogen-bond donors (Lipinski definition) is 2. The van der Waals surface area contributed by atoms with Crippen LogP contribution in [0, 0.1) is 0 Å². The van der Waals surface area contributed by atoms with Gasteiger partial charge < -0.3 is 10.6 Å². The van der Waals surface area contributed by atoms with Crippen LogP contribution in [0.15, 0.2) is 61.1 Å². The van der Waals surface area contributed by atoms with E-state index in [2.05, 4.69) is 25.9 Å². The molecular weight excluding hydrogens is 304 g/mol. The summed E-state index contributed by atoms with van der Waals surface area (Å²) in [4.78, 5) is 16.1. The third-order valence-electron chi connectivity index (χ3n) is 3.38. The fourth-order valence-corrected chi connectivity index (χ4v) is 2.16. The first-order chi connectivity index (χ1) is 11.8. The third-order valence-corrected chi connectivity index (χ3v) is 3.38. The van der Waals surface area contributed by atoms with Crippen molar-refractivity contribution in [2.24, 2.45) is 0 Å². The lowest BCUT2D eigenvalue weighted by Gasteiger charge is -2.06. The van der Waals surface area contributed by atoms with Crippen molar-refractivity contribution in [1.29, 1.82) is 0 Å². The Hall–Kier alpha value is -3.22. The number of anilines is 1. The Balaban J connectivity index is 1.43. The maximum atomic E-state index is 12.1. The highest BCUT2D eigenvalue weighted by Gasteiger charge is 2.10. The largest absolute Gasteiger partial charge is 0.384 e. The lowest BCUT2D eigenvalue weighted by atomic mass is 10.3. The number of nitrogens with one attached hydrogen (secondary N) is 2. The van der Waals surface area contributed by atoms with E-state index in [0.29, 0.717) is 12.2 Å². The number of carbonyl (C=O) groups excluding carboxylic acids is 1. The number of hydrogen-bond acceptors (Lipinski definition) is 5. The topological polar surface area (TPSA) is 84.7 Å². The van der Waals surface area contributed by atoms with Gasteiger partial charge >= 0.3 is 0 Å². The van der Waals surface area contributed by atoms with Gasteiger partial charge in [-0.15, -0.1) is 5.10 Å². The van der Waals surface area contributed by atoms with Crippen LogP contribution in [0.25, 0.3) is 5.69 Å². The summed E-state index contributed by atoms with van der Waals surface area (Å²) in [7, 11) is 0. The average Bonchev–Trinajstić information content (AvgIpc) is 3.13. The van der Waals surface area contributed by atoms with Crippen LogP contribution in [-0.4, -0.2) is 39.0 Å². The highest BCUT2D eigenvalue weighted by atomic mass is 16.2. The molecule has 2 N–H and O–H groups in total. The smallest absolute Gasteiger partial charge is 0.273 e. The molecule has 2 aromatic heterocycles. The predicted molar refractivity (Wildman–Crippen MR) is 91.0 cm³/mol. The molecule has 3 aromatic rings. The lowest BCUT2D eigenvalue weighted by Crippen LogP contribution is -2.26. The van der Waals surface area contributed by atoms with Gasteiger partial charge in [-0.2, -0.15) is 0 Å². The van der Waals surface area contributed by atoms with E-state index in [4.69, 9.17) is 0 Å². The standard InChI is InChI=1S/C17H18N6O/c24-17(20-11-5-10-19-14-6-4-9-18-12-14)16-13-23(22-21-16)15-7-2-1-3-8-15/h1-4,6-9,12-13,19H,5,10-11H2,(H,20,24). The summed E-state index contributed by atoms with van der Waals surface area (Å²) in [5.41, 5.74) is 2.14. The molecule has 0 aliphatic heterocycles. The second kappa shape index (κ2) is 7.87. The van der Waals surface area contributed by atoms with Crippen molar-refractivity contribution in [3.8, 4) is 5.69 Å². The summed E-state index contributed by atoms with van der Waals surface area (Å²) in [6, 6.07) is 13.4. The molecule has 0 unspecified atom stereocenters. The number of aromatic nitrogens is 4. The first-order valence-corrected chi connectivity index (χ1v) is 7.73. The zero-order chi connectivity index (χ0) is 16.6. The highest BCUT2D eigenvalue weighted by molar-refractivity contribution is 5.91. The fourth-order valence-electron chi connectivity index (χ4n) is 2.16. The van der Waals surface area contributed by atoms with Crippen molar-refractivity contribution in [2.75, 3.05) is 18.4 Å². The van der Waals surface area contributed by atoms with Gasteiger partial charge in [0.2, 0.25) is 0 Å². The number of pyridine rings is 1. The Morgan fingerprint density at radius 2 is 1.96 bits per heavy atom. The molecule has 0 bridgehead atoms. The molecule has 0 aliphatic carbocycles. The van der Waals surface area contributed by atoms with Crippen molar-refractivity contribution < 1.29 is 4.79 Å². The summed E-state index contributed by atoms with van der Waals surface area (Å²) in [5, 5.41) is 14.0. The summed E-state index contributed by atoms with van der Waals surface area (Å²) in [6.07, 6.45) is 5.92. The fraction of sp³-hybridized carbons (Fsp3) is 0.176. The maximum absolute atomic E-state index is 12.1. The van der Waals surface area contributed by atoms with Gasteiger partial charge in [-0.3, -0.25) is 9.78 Å². The van der Waals surface area contributed by atoms with Crippen molar-refractivity contribution in [3.63, 3.8) is 0 Å². The Morgan fingerprint density at radius 1 is 1.08 bits per heavy atom. The van der Waals surface area contributed by atoms with Crippen LogP contribution in [0.3, 0.4) is 0 Å². The van der Waals surface area contributed by atoms with E-state index >= 15 is 0 Å². The number of para-hydroxylation sites is 1. The van der Waals surface area contributed by atoms with Crippen molar-refractivity contribution in [3.05, 3.63) is 66.7 Å². The van der Waals surface area contributed by atoms with Gasteiger partial charge in [-0.25, -0.2) is 4.68 Å². The zero-order valence-corrected chi connectivity index (χ0v) is 13.1. The van der Waals surface area contributed by atoms with Gasteiger partial charge in [0.05, 0.1) is 17.6 Å².